The Morgan fingerprint density at radius 3 is 2.86 bits per heavy atom. The van der Waals surface area contributed by atoms with Crippen LogP contribution in [0.2, 0.25) is 0 Å². The number of benzene rings is 1. The zero-order valence-corrected chi connectivity index (χ0v) is 12.3. The van der Waals surface area contributed by atoms with E-state index in [1.165, 1.54) is 0 Å². The minimum atomic E-state index is 0.671. The molecular formula is C17H19N3O. The van der Waals surface area contributed by atoms with E-state index in [2.05, 4.69) is 35.2 Å². The minimum Gasteiger partial charge on any atom is -0.464 e. The molecule has 2 aromatic heterocycles. The molecular weight excluding hydrogens is 262 g/mol. The third kappa shape index (κ3) is 3.05. The molecule has 0 saturated heterocycles. The highest BCUT2D eigenvalue weighted by molar-refractivity contribution is 5.91. The van der Waals surface area contributed by atoms with Crippen molar-refractivity contribution in [3.8, 4) is 11.3 Å². The average molecular weight is 281 g/mol. The molecule has 0 unspecified atom stereocenters. The largest absolute Gasteiger partial charge is 0.464 e. The fourth-order valence-electron chi connectivity index (χ4n) is 2.27. The molecule has 2 heterocycles. The summed E-state index contributed by atoms with van der Waals surface area (Å²) in [4.78, 5) is 8.70. The third-order valence-electron chi connectivity index (χ3n) is 3.46. The van der Waals surface area contributed by atoms with Crippen LogP contribution in [0.1, 0.15) is 20.3 Å². The number of fused-ring (bicyclic) bond motifs is 1. The molecule has 108 valence electrons. The molecule has 0 radical (unpaired) electrons. The SMILES string of the molecule is CC(C)CCNc1ncnc2ccc(-c3ccco3)cc12. The van der Waals surface area contributed by atoms with Crippen LogP contribution in [-0.2, 0) is 0 Å². The first-order valence-electron chi connectivity index (χ1n) is 7.26. The van der Waals surface area contributed by atoms with Gasteiger partial charge in [0.2, 0.25) is 0 Å². The van der Waals surface area contributed by atoms with Gasteiger partial charge in [-0.3, -0.25) is 0 Å². The molecule has 4 nitrogen and oxygen atoms in total. The van der Waals surface area contributed by atoms with Crippen LogP contribution in [0.3, 0.4) is 0 Å². The van der Waals surface area contributed by atoms with Gasteiger partial charge in [0.05, 0.1) is 11.8 Å². The molecule has 0 saturated carbocycles. The number of nitrogens with one attached hydrogen (secondary N) is 1. The number of anilines is 1. The maximum atomic E-state index is 5.46. The summed E-state index contributed by atoms with van der Waals surface area (Å²) in [6.07, 6.45) is 4.40. The van der Waals surface area contributed by atoms with Crippen molar-refractivity contribution in [2.45, 2.75) is 20.3 Å². The Kier molecular flexibility index (Phi) is 3.86. The zero-order valence-electron chi connectivity index (χ0n) is 12.3. The van der Waals surface area contributed by atoms with Crippen LogP contribution in [-0.4, -0.2) is 16.5 Å². The van der Waals surface area contributed by atoms with E-state index in [1.54, 1.807) is 12.6 Å². The summed E-state index contributed by atoms with van der Waals surface area (Å²) in [5.74, 6) is 2.41. The molecule has 1 N–H and O–H groups in total. The summed E-state index contributed by atoms with van der Waals surface area (Å²) in [7, 11) is 0. The van der Waals surface area contributed by atoms with Gasteiger partial charge in [-0.05, 0) is 42.7 Å². The quantitative estimate of drug-likeness (QED) is 0.755. The van der Waals surface area contributed by atoms with Gasteiger partial charge in [-0.2, -0.15) is 0 Å². The lowest BCUT2D eigenvalue weighted by Gasteiger charge is -2.10. The van der Waals surface area contributed by atoms with Crippen LogP contribution in [0.4, 0.5) is 5.82 Å². The van der Waals surface area contributed by atoms with Crippen LogP contribution >= 0.6 is 0 Å². The Bertz CT molecular complexity index is 720. The van der Waals surface area contributed by atoms with Crippen molar-refractivity contribution in [2.24, 2.45) is 5.92 Å². The normalized spacial score (nSPS) is 11.2. The van der Waals surface area contributed by atoms with E-state index in [9.17, 15) is 0 Å². The van der Waals surface area contributed by atoms with E-state index in [1.807, 2.05) is 24.3 Å². The smallest absolute Gasteiger partial charge is 0.137 e. The van der Waals surface area contributed by atoms with Crippen molar-refractivity contribution in [1.82, 2.24) is 9.97 Å². The molecule has 0 fully saturated rings. The first-order valence-corrected chi connectivity index (χ1v) is 7.26. The summed E-state index contributed by atoms with van der Waals surface area (Å²) < 4.78 is 5.46. The lowest BCUT2D eigenvalue weighted by molar-refractivity contribution is 0.582. The Labute approximate surface area is 124 Å². The number of rotatable bonds is 5. The molecule has 0 atom stereocenters. The number of furan rings is 1. The van der Waals surface area contributed by atoms with Crippen LogP contribution in [0, 0.1) is 5.92 Å². The standard InChI is InChI=1S/C17H19N3O/c1-12(2)7-8-18-17-14-10-13(16-4-3-9-21-16)5-6-15(14)19-11-20-17/h3-6,9-12H,7-8H2,1-2H3,(H,18,19,20). The summed E-state index contributed by atoms with van der Waals surface area (Å²) in [6.45, 7) is 5.35. The van der Waals surface area contributed by atoms with E-state index >= 15 is 0 Å². The van der Waals surface area contributed by atoms with E-state index in [-0.39, 0.29) is 0 Å². The second kappa shape index (κ2) is 5.95. The summed E-state index contributed by atoms with van der Waals surface area (Å²) >= 11 is 0. The molecule has 0 spiro atoms. The van der Waals surface area contributed by atoms with Gasteiger partial charge in [0, 0.05) is 17.5 Å². The van der Waals surface area contributed by atoms with Gasteiger partial charge in [-0.15, -0.1) is 0 Å². The van der Waals surface area contributed by atoms with E-state index < -0.39 is 0 Å². The van der Waals surface area contributed by atoms with Gasteiger partial charge in [-0.1, -0.05) is 13.8 Å². The summed E-state index contributed by atoms with van der Waals surface area (Å²) in [5, 5.41) is 4.43. The predicted octanol–water partition coefficient (Wildman–Crippen LogP) is 4.35. The predicted molar refractivity (Wildman–Crippen MR) is 85.2 cm³/mol. The lowest BCUT2D eigenvalue weighted by Crippen LogP contribution is -2.06. The van der Waals surface area contributed by atoms with Crippen LogP contribution in [0.15, 0.2) is 47.3 Å². The van der Waals surface area contributed by atoms with Crippen molar-refractivity contribution in [1.29, 1.82) is 0 Å². The Morgan fingerprint density at radius 2 is 2.10 bits per heavy atom. The van der Waals surface area contributed by atoms with Gasteiger partial charge in [0.25, 0.3) is 0 Å². The maximum absolute atomic E-state index is 5.46. The van der Waals surface area contributed by atoms with E-state index in [4.69, 9.17) is 4.42 Å². The highest BCUT2D eigenvalue weighted by atomic mass is 16.3. The van der Waals surface area contributed by atoms with Crippen LogP contribution < -0.4 is 5.32 Å². The number of aromatic nitrogens is 2. The molecule has 3 aromatic rings. The van der Waals surface area contributed by atoms with Crippen molar-refractivity contribution >= 4 is 16.7 Å². The monoisotopic (exact) mass is 281 g/mol. The molecule has 0 amide bonds. The molecule has 0 bridgehead atoms. The average Bonchev–Trinajstić information content (AvgIpc) is 3.01. The minimum absolute atomic E-state index is 0.671. The van der Waals surface area contributed by atoms with Gasteiger partial charge in [-0.25, -0.2) is 9.97 Å². The zero-order chi connectivity index (χ0) is 14.7. The van der Waals surface area contributed by atoms with Gasteiger partial charge in [0.15, 0.2) is 0 Å². The molecule has 21 heavy (non-hydrogen) atoms. The second-order valence-electron chi connectivity index (χ2n) is 5.54. The Hall–Kier alpha value is -2.36. The van der Waals surface area contributed by atoms with Crippen molar-refractivity contribution in [2.75, 3.05) is 11.9 Å². The molecule has 3 rings (SSSR count). The Morgan fingerprint density at radius 1 is 1.19 bits per heavy atom. The summed E-state index contributed by atoms with van der Waals surface area (Å²) in [5.41, 5.74) is 1.97. The van der Waals surface area contributed by atoms with Crippen molar-refractivity contribution < 1.29 is 4.42 Å². The first kappa shape index (κ1) is 13.6. The number of hydrogen-bond donors (Lipinski definition) is 1. The maximum Gasteiger partial charge on any atom is 0.137 e. The lowest BCUT2D eigenvalue weighted by atomic mass is 10.1. The number of hydrogen-bond acceptors (Lipinski definition) is 4. The third-order valence-corrected chi connectivity index (χ3v) is 3.46. The summed E-state index contributed by atoms with van der Waals surface area (Å²) in [6, 6.07) is 9.94. The highest BCUT2D eigenvalue weighted by Gasteiger charge is 2.07. The molecule has 0 aliphatic carbocycles. The highest BCUT2D eigenvalue weighted by Crippen LogP contribution is 2.27. The van der Waals surface area contributed by atoms with Crippen molar-refractivity contribution in [3.63, 3.8) is 0 Å². The molecule has 1 aromatic carbocycles. The van der Waals surface area contributed by atoms with Gasteiger partial charge < -0.3 is 9.73 Å². The van der Waals surface area contributed by atoms with Crippen LogP contribution in [0.5, 0.6) is 0 Å². The fraction of sp³-hybridized carbons (Fsp3) is 0.294. The molecule has 0 aliphatic rings. The first-order chi connectivity index (χ1) is 10.2. The van der Waals surface area contributed by atoms with Crippen molar-refractivity contribution in [3.05, 3.63) is 42.9 Å². The second-order valence-corrected chi connectivity index (χ2v) is 5.54. The molecule has 0 aliphatic heterocycles. The fourth-order valence-corrected chi connectivity index (χ4v) is 2.27. The van der Waals surface area contributed by atoms with Gasteiger partial charge >= 0.3 is 0 Å². The van der Waals surface area contributed by atoms with Gasteiger partial charge in [0.1, 0.15) is 17.9 Å². The number of nitrogens with zero attached hydrogens (tertiary/aromatic N) is 2. The van der Waals surface area contributed by atoms with E-state index in [0.717, 1.165) is 41.0 Å². The molecule has 4 heteroatoms. The van der Waals surface area contributed by atoms with Crippen LogP contribution in [0.25, 0.3) is 22.2 Å². The topological polar surface area (TPSA) is 51.0 Å². The van der Waals surface area contributed by atoms with E-state index in [0.29, 0.717) is 5.92 Å². The Balaban J connectivity index is 1.94.